The first-order chi connectivity index (χ1) is 14.2. The van der Waals surface area contributed by atoms with E-state index in [4.69, 9.17) is 0 Å². The fourth-order valence-electron chi connectivity index (χ4n) is 4.33. The van der Waals surface area contributed by atoms with Gasteiger partial charge in [-0.2, -0.15) is 5.10 Å². The summed E-state index contributed by atoms with van der Waals surface area (Å²) in [4.78, 5) is 25.8. The minimum absolute atomic E-state index is 0.0323. The van der Waals surface area contributed by atoms with Crippen LogP contribution in [-0.2, 0) is 11.2 Å². The highest BCUT2D eigenvalue weighted by Gasteiger charge is 2.50. The number of nitrogens with zero attached hydrogens (tertiary/aromatic N) is 5. The molecule has 162 valence electrons. The molecule has 0 saturated heterocycles. The van der Waals surface area contributed by atoms with E-state index in [9.17, 15) is 14.7 Å². The van der Waals surface area contributed by atoms with Gasteiger partial charge in [0.2, 0.25) is 5.91 Å². The molecule has 2 fully saturated rings. The maximum absolute atomic E-state index is 12.3. The lowest BCUT2D eigenvalue weighted by Crippen LogP contribution is -2.45. The van der Waals surface area contributed by atoms with Crippen molar-refractivity contribution in [2.75, 3.05) is 5.32 Å². The normalized spacial score (nSPS) is 22.3. The van der Waals surface area contributed by atoms with Gasteiger partial charge < -0.3 is 10.4 Å². The number of aromatic nitrogens is 5. The quantitative estimate of drug-likeness (QED) is 0.638. The van der Waals surface area contributed by atoms with Crippen LogP contribution in [0.15, 0.2) is 12.3 Å². The second kappa shape index (κ2) is 7.73. The predicted octanol–water partition coefficient (Wildman–Crippen LogP) is 2.93. The van der Waals surface area contributed by atoms with E-state index in [1.54, 1.807) is 15.8 Å². The average Bonchev–Trinajstić information content (AvgIpc) is 3.11. The molecule has 0 bridgehead atoms. The number of anilines is 1. The molecule has 10 heteroatoms. The fraction of sp³-hybridized carbons (Fsp3) is 0.650. The van der Waals surface area contributed by atoms with Crippen LogP contribution in [0, 0.1) is 0 Å². The Hall–Kier alpha value is -2.91. The Kier molecular flexibility index (Phi) is 5.25. The van der Waals surface area contributed by atoms with E-state index in [2.05, 4.69) is 25.8 Å². The predicted molar refractivity (Wildman–Crippen MR) is 109 cm³/mol. The Morgan fingerprint density at radius 3 is 2.80 bits per heavy atom. The van der Waals surface area contributed by atoms with Gasteiger partial charge in [-0.05, 0) is 52.9 Å². The summed E-state index contributed by atoms with van der Waals surface area (Å²) >= 11 is 0. The van der Waals surface area contributed by atoms with Crippen LogP contribution in [0.2, 0.25) is 0 Å². The molecule has 2 heterocycles. The van der Waals surface area contributed by atoms with Crippen molar-refractivity contribution in [2.45, 2.75) is 82.8 Å². The van der Waals surface area contributed by atoms with E-state index in [1.165, 1.54) is 0 Å². The van der Waals surface area contributed by atoms with Gasteiger partial charge in [0.1, 0.15) is 0 Å². The molecule has 0 aliphatic heterocycles. The summed E-state index contributed by atoms with van der Waals surface area (Å²) < 4.78 is 1.72. The van der Waals surface area contributed by atoms with Crippen LogP contribution in [0.4, 0.5) is 10.6 Å². The summed E-state index contributed by atoms with van der Waals surface area (Å²) in [6.45, 7) is 6.02. The van der Waals surface area contributed by atoms with Crippen LogP contribution in [0.25, 0.3) is 0 Å². The lowest BCUT2D eigenvalue weighted by atomic mass is 10.0. The van der Waals surface area contributed by atoms with Crippen molar-refractivity contribution in [3.63, 3.8) is 0 Å². The lowest BCUT2D eigenvalue weighted by molar-refractivity contribution is -0.115. The van der Waals surface area contributed by atoms with Crippen molar-refractivity contribution in [2.24, 2.45) is 0 Å². The van der Waals surface area contributed by atoms with E-state index in [-0.39, 0.29) is 35.9 Å². The number of rotatable bonds is 7. The highest BCUT2D eigenvalue weighted by Crippen LogP contribution is 2.47. The molecule has 2 amide bonds. The van der Waals surface area contributed by atoms with E-state index in [1.807, 2.05) is 26.8 Å². The number of hydrogen-bond acceptors (Lipinski definition) is 5. The van der Waals surface area contributed by atoms with Gasteiger partial charge >= 0.3 is 6.09 Å². The van der Waals surface area contributed by atoms with Gasteiger partial charge in [0.05, 0.1) is 12.1 Å². The molecule has 0 radical (unpaired) electrons. The highest BCUT2D eigenvalue weighted by molar-refractivity contribution is 5.91. The number of nitrogens with one attached hydrogen (secondary N) is 2. The average molecular weight is 415 g/mol. The summed E-state index contributed by atoms with van der Waals surface area (Å²) in [5, 5.41) is 27.7. The van der Waals surface area contributed by atoms with Crippen LogP contribution in [0.5, 0.6) is 0 Å². The maximum atomic E-state index is 12.3. The van der Waals surface area contributed by atoms with Crippen molar-refractivity contribution < 1.29 is 14.7 Å². The van der Waals surface area contributed by atoms with Gasteiger partial charge in [0, 0.05) is 41.5 Å². The Balaban J connectivity index is 1.34. The Bertz CT molecular complexity index is 930. The molecule has 4 rings (SSSR count). The van der Waals surface area contributed by atoms with Gasteiger partial charge in [0.25, 0.3) is 0 Å². The molecule has 2 unspecified atom stereocenters. The third-order valence-corrected chi connectivity index (χ3v) is 6.26. The largest absolute Gasteiger partial charge is 0.465 e. The number of carbonyl (C=O) groups is 2. The van der Waals surface area contributed by atoms with Crippen LogP contribution < -0.4 is 5.32 Å². The van der Waals surface area contributed by atoms with Gasteiger partial charge in [-0.25, -0.2) is 9.48 Å². The third kappa shape index (κ3) is 4.17. The molecule has 2 aromatic rings. The standard InChI is InChI=1S/C20H29N7O3/c1-12(2)26-11-14(22-25-26)9-18(28)21-17-10-16(23-24-17)13-4-5-15(8-13)27(19(29)30)20(3)6-7-20/h10-13,15H,4-9H2,1-3H3,(H,29,30)(H2,21,23,24,28). The molecule has 2 aliphatic rings. The van der Waals surface area contributed by atoms with Crippen molar-refractivity contribution in [3.05, 3.63) is 23.7 Å². The molecule has 2 atom stereocenters. The molecule has 2 saturated carbocycles. The van der Waals surface area contributed by atoms with Crippen molar-refractivity contribution in [1.82, 2.24) is 30.1 Å². The van der Waals surface area contributed by atoms with Crippen molar-refractivity contribution in [3.8, 4) is 0 Å². The summed E-state index contributed by atoms with van der Waals surface area (Å²) in [5.74, 6) is 0.481. The number of aromatic amines is 1. The zero-order valence-electron chi connectivity index (χ0n) is 17.6. The molecule has 3 N–H and O–H groups in total. The molecule has 2 aromatic heterocycles. The van der Waals surface area contributed by atoms with E-state index in [0.717, 1.165) is 37.8 Å². The number of carboxylic acid groups (broad SMARTS) is 1. The van der Waals surface area contributed by atoms with E-state index < -0.39 is 6.09 Å². The first-order valence-electron chi connectivity index (χ1n) is 10.5. The molecule has 2 aliphatic carbocycles. The van der Waals surface area contributed by atoms with E-state index in [0.29, 0.717) is 11.5 Å². The minimum Gasteiger partial charge on any atom is -0.465 e. The maximum Gasteiger partial charge on any atom is 0.408 e. The Labute approximate surface area is 175 Å². The van der Waals surface area contributed by atoms with Gasteiger partial charge in [-0.1, -0.05) is 5.21 Å². The molecule has 0 aromatic carbocycles. The van der Waals surface area contributed by atoms with Gasteiger partial charge in [-0.3, -0.25) is 14.8 Å². The second-order valence-electron chi connectivity index (χ2n) is 9.03. The number of H-pyrrole nitrogens is 1. The van der Waals surface area contributed by atoms with Gasteiger partial charge in [-0.15, -0.1) is 5.10 Å². The smallest absolute Gasteiger partial charge is 0.408 e. The summed E-state index contributed by atoms with van der Waals surface area (Å²) in [6.07, 6.45) is 5.47. The van der Waals surface area contributed by atoms with Gasteiger partial charge in [0.15, 0.2) is 5.82 Å². The Morgan fingerprint density at radius 1 is 1.40 bits per heavy atom. The summed E-state index contributed by atoms with van der Waals surface area (Å²) in [7, 11) is 0. The fourth-order valence-corrected chi connectivity index (χ4v) is 4.33. The number of amides is 2. The molecule has 30 heavy (non-hydrogen) atoms. The number of carbonyl (C=O) groups excluding carboxylic acids is 1. The number of hydrogen-bond donors (Lipinski definition) is 3. The molecular weight excluding hydrogens is 386 g/mol. The third-order valence-electron chi connectivity index (χ3n) is 6.26. The SMILES string of the molecule is CC(C)n1cc(CC(=O)Nc2cc(C3CCC(N(C(=O)O)C4(C)CC4)C3)[nH]n2)nn1. The first-order valence-corrected chi connectivity index (χ1v) is 10.5. The highest BCUT2D eigenvalue weighted by atomic mass is 16.4. The molecule has 10 nitrogen and oxygen atoms in total. The van der Waals surface area contributed by atoms with Crippen LogP contribution >= 0.6 is 0 Å². The topological polar surface area (TPSA) is 129 Å². The van der Waals surface area contributed by atoms with Crippen LogP contribution in [0.3, 0.4) is 0 Å². The lowest BCUT2D eigenvalue weighted by Gasteiger charge is -2.32. The molecule has 0 spiro atoms. The van der Waals surface area contributed by atoms with E-state index >= 15 is 0 Å². The zero-order chi connectivity index (χ0) is 21.5. The first kappa shape index (κ1) is 20.4. The minimum atomic E-state index is -0.826. The van der Waals surface area contributed by atoms with Crippen molar-refractivity contribution >= 4 is 17.8 Å². The second-order valence-corrected chi connectivity index (χ2v) is 9.03. The van der Waals surface area contributed by atoms with Crippen LogP contribution in [-0.4, -0.2) is 58.8 Å². The van der Waals surface area contributed by atoms with Crippen LogP contribution in [0.1, 0.15) is 76.2 Å². The zero-order valence-corrected chi connectivity index (χ0v) is 17.6. The Morgan fingerprint density at radius 2 is 2.17 bits per heavy atom. The van der Waals surface area contributed by atoms with Crippen molar-refractivity contribution in [1.29, 1.82) is 0 Å². The molecular formula is C20H29N7O3. The summed E-state index contributed by atoms with van der Waals surface area (Å²) in [5.41, 5.74) is 1.35. The summed E-state index contributed by atoms with van der Waals surface area (Å²) in [6, 6.07) is 2.07. The monoisotopic (exact) mass is 415 g/mol.